The monoisotopic (exact) mass is 320 g/mol. The van der Waals surface area contributed by atoms with E-state index in [-0.39, 0.29) is 24.8 Å². The van der Waals surface area contributed by atoms with Gasteiger partial charge in [0, 0.05) is 26.0 Å². The van der Waals surface area contributed by atoms with Crippen LogP contribution in [-0.4, -0.2) is 40.1 Å². The van der Waals surface area contributed by atoms with Crippen LogP contribution in [0.1, 0.15) is 32.5 Å². The van der Waals surface area contributed by atoms with Gasteiger partial charge in [0.1, 0.15) is 12.4 Å². The van der Waals surface area contributed by atoms with Crippen LogP contribution in [0.4, 0.5) is 13.2 Å². The number of amides is 1. The number of imidazole rings is 1. The molecule has 0 spiro atoms. The van der Waals surface area contributed by atoms with Gasteiger partial charge in [0.25, 0.3) is 0 Å². The maximum atomic E-state index is 12.6. The Kier molecular flexibility index (Phi) is 5.99. The Morgan fingerprint density at radius 3 is 2.41 bits per heavy atom. The predicted molar refractivity (Wildman–Crippen MR) is 76.8 cm³/mol. The molecule has 1 aromatic heterocycles. The van der Waals surface area contributed by atoms with E-state index >= 15 is 0 Å². The van der Waals surface area contributed by atoms with E-state index in [0.29, 0.717) is 12.8 Å². The summed E-state index contributed by atoms with van der Waals surface area (Å²) in [7, 11) is 1.56. The molecule has 0 aromatic carbocycles. The first-order valence-corrected chi connectivity index (χ1v) is 7.21. The van der Waals surface area contributed by atoms with E-state index in [0.717, 1.165) is 4.57 Å². The summed E-state index contributed by atoms with van der Waals surface area (Å²) in [4.78, 5) is 17.9. The summed E-state index contributed by atoms with van der Waals surface area (Å²) in [6.45, 7) is 2.87. The third-order valence-corrected chi connectivity index (χ3v) is 4.07. The Balaban J connectivity index is 2.87. The van der Waals surface area contributed by atoms with Gasteiger partial charge in [-0.1, -0.05) is 13.8 Å². The molecule has 0 fully saturated rings. The fourth-order valence-corrected chi connectivity index (χ4v) is 2.45. The highest BCUT2D eigenvalue weighted by Gasteiger charge is 2.36. The van der Waals surface area contributed by atoms with Crippen molar-refractivity contribution in [2.45, 2.75) is 46.0 Å². The Morgan fingerprint density at radius 2 is 1.95 bits per heavy atom. The minimum atomic E-state index is -4.33. The van der Waals surface area contributed by atoms with Crippen LogP contribution in [0.5, 0.6) is 0 Å². The highest BCUT2D eigenvalue weighted by Crippen LogP contribution is 2.28. The van der Waals surface area contributed by atoms with Crippen molar-refractivity contribution in [3.05, 3.63) is 18.2 Å². The first kappa shape index (κ1) is 18.5. The number of halogens is 3. The SMILES string of the molecule is CCC(CC)(CN)C(=O)N(C)Cc1nccn1CC(F)(F)F. The first-order valence-electron chi connectivity index (χ1n) is 7.21. The second-order valence-electron chi connectivity index (χ2n) is 5.44. The molecule has 1 rings (SSSR count). The van der Waals surface area contributed by atoms with Gasteiger partial charge in [0.2, 0.25) is 5.91 Å². The van der Waals surface area contributed by atoms with E-state index in [2.05, 4.69) is 4.98 Å². The smallest absolute Gasteiger partial charge is 0.338 e. The zero-order valence-electron chi connectivity index (χ0n) is 13.2. The Hall–Kier alpha value is -1.57. The third kappa shape index (κ3) is 4.22. The van der Waals surface area contributed by atoms with Gasteiger partial charge in [-0.15, -0.1) is 0 Å². The lowest BCUT2D eigenvalue weighted by Gasteiger charge is -2.33. The van der Waals surface area contributed by atoms with Gasteiger partial charge in [-0.2, -0.15) is 13.2 Å². The van der Waals surface area contributed by atoms with Crippen molar-refractivity contribution >= 4 is 5.91 Å². The Bertz CT molecular complexity index is 486. The largest absolute Gasteiger partial charge is 0.406 e. The van der Waals surface area contributed by atoms with Gasteiger partial charge >= 0.3 is 6.18 Å². The van der Waals surface area contributed by atoms with Crippen LogP contribution in [0.25, 0.3) is 0 Å². The van der Waals surface area contributed by atoms with Crippen molar-refractivity contribution in [1.29, 1.82) is 0 Å². The van der Waals surface area contributed by atoms with Crippen LogP contribution in [0.3, 0.4) is 0 Å². The zero-order chi connectivity index (χ0) is 17.0. The molecule has 0 bridgehead atoms. The van der Waals surface area contributed by atoms with Crippen LogP contribution >= 0.6 is 0 Å². The number of aromatic nitrogens is 2. The number of carbonyl (C=O) groups is 1. The number of nitrogens with zero attached hydrogens (tertiary/aromatic N) is 3. The molecule has 0 aliphatic heterocycles. The third-order valence-electron chi connectivity index (χ3n) is 4.07. The van der Waals surface area contributed by atoms with Gasteiger partial charge in [-0.3, -0.25) is 4.79 Å². The molecule has 8 heteroatoms. The van der Waals surface area contributed by atoms with Gasteiger partial charge in [0.05, 0.1) is 12.0 Å². The molecule has 2 N–H and O–H groups in total. The maximum absolute atomic E-state index is 12.6. The van der Waals surface area contributed by atoms with Crippen LogP contribution in [0, 0.1) is 5.41 Å². The highest BCUT2D eigenvalue weighted by molar-refractivity contribution is 5.82. The topological polar surface area (TPSA) is 64.2 Å². The summed E-state index contributed by atoms with van der Waals surface area (Å²) in [6.07, 6.45) is -0.599. The van der Waals surface area contributed by atoms with Crippen molar-refractivity contribution in [3.8, 4) is 0 Å². The second-order valence-corrected chi connectivity index (χ2v) is 5.44. The van der Waals surface area contributed by atoms with Crippen molar-refractivity contribution in [2.24, 2.45) is 11.1 Å². The lowest BCUT2D eigenvalue weighted by atomic mass is 9.81. The predicted octanol–water partition coefficient (Wildman–Crippen LogP) is 2.17. The van der Waals surface area contributed by atoms with E-state index in [4.69, 9.17) is 5.73 Å². The van der Waals surface area contributed by atoms with Crippen LogP contribution in [-0.2, 0) is 17.9 Å². The molecule has 0 aliphatic rings. The summed E-state index contributed by atoms with van der Waals surface area (Å²) in [5.74, 6) is 0.0351. The van der Waals surface area contributed by atoms with Crippen LogP contribution < -0.4 is 5.73 Å². The second kappa shape index (κ2) is 7.13. The number of carbonyl (C=O) groups excluding carboxylic acids is 1. The summed E-state index contributed by atoms with van der Waals surface area (Å²) in [5.41, 5.74) is 5.07. The van der Waals surface area contributed by atoms with Crippen molar-refractivity contribution in [3.63, 3.8) is 0 Å². The van der Waals surface area contributed by atoms with Crippen molar-refractivity contribution < 1.29 is 18.0 Å². The summed E-state index contributed by atoms with van der Waals surface area (Å²) >= 11 is 0. The minimum Gasteiger partial charge on any atom is -0.338 e. The average molecular weight is 320 g/mol. The van der Waals surface area contributed by atoms with Gasteiger partial charge in [-0.25, -0.2) is 4.98 Å². The van der Waals surface area contributed by atoms with Crippen molar-refractivity contribution in [1.82, 2.24) is 14.5 Å². The number of alkyl halides is 3. The minimum absolute atomic E-state index is 0.0175. The molecule has 1 aromatic rings. The van der Waals surface area contributed by atoms with Crippen molar-refractivity contribution in [2.75, 3.05) is 13.6 Å². The molecular formula is C14H23F3N4O. The molecule has 126 valence electrons. The molecule has 22 heavy (non-hydrogen) atoms. The number of hydrogen-bond donors (Lipinski definition) is 1. The van der Waals surface area contributed by atoms with E-state index < -0.39 is 18.1 Å². The summed E-state index contributed by atoms with van der Waals surface area (Å²) in [6, 6.07) is 0. The summed E-state index contributed by atoms with van der Waals surface area (Å²) < 4.78 is 38.5. The molecule has 0 saturated heterocycles. The lowest BCUT2D eigenvalue weighted by Crippen LogP contribution is -2.46. The standard InChI is InChI=1S/C14H23F3N4O/c1-4-13(5-2,9-18)12(22)20(3)8-11-19-6-7-21(11)10-14(15,16)17/h6-7H,4-5,8-10,18H2,1-3H3. The number of hydrogen-bond acceptors (Lipinski definition) is 3. The number of rotatable bonds is 7. The molecular weight excluding hydrogens is 297 g/mol. The molecule has 1 amide bonds. The molecule has 1 heterocycles. The molecule has 5 nitrogen and oxygen atoms in total. The molecule has 0 radical (unpaired) electrons. The highest BCUT2D eigenvalue weighted by atomic mass is 19.4. The quantitative estimate of drug-likeness (QED) is 0.837. The summed E-state index contributed by atoms with van der Waals surface area (Å²) in [5, 5.41) is 0. The maximum Gasteiger partial charge on any atom is 0.406 e. The molecule has 0 saturated carbocycles. The molecule has 0 unspecified atom stereocenters. The van der Waals surface area contributed by atoms with Gasteiger partial charge in [0.15, 0.2) is 0 Å². The van der Waals surface area contributed by atoms with E-state index in [1.54, 1.807) is 7.05 Å². The van der Waals surface area contributed by atoms with E-state index in [9.17, 15) is 18.0 Å². The molecule has 0 atom stereocenters. The normalized spacial score (nSPS) is 12.5. The Labute approximate surface area is 128 Å². The zero-order valence-corrected chi connectivity index (χ0v) is 13.2. The molecule has 0 aliphatic carbocycles. The van der Waals surface area contributed by atoms with E-state index in [1.807, 2.05) is 13.8 Å². The average Bonchev–Trinajstić information content (AvgIpc) is 2.86. The lowest BCUT2D eigenvalue weighted by molar-refractivity contribution is -0.142. The number of nitrogens with two attached hydrogens (primary N) is 1. The van der Waals surface area contributed by atoms with Crippen LogP contribution in [0.15, 0.2) is 12.4 Å². The van der Waals surface area contributed by atoms with Gasteiger partial charge in [-0.05, 0) is 12.8 Å². The fraction of sp³-hybridized carbons (Fsp3) is 0.714. The first-order chi connectivity index (χ1) is 10.2. The Morgan fingerprint density at radius 1 is 1.36 bits per heavy atom. The van der Waals surface area contributed by atoms with E-state index in [1.165, 1.54) is 17.3 Å². The fourth-order valence-electron chi connectivity index (χ4n) is 2.45. The van der Waals surface area contributed by atoms with Crippen LogP contribution in [0.2, 0.25) is 0 Å². The van der Waals surface area contributed by atoms with Gasteiger partial charge < -0.3 is 15.2 Å².